The van der Waals surface area contributed by atoms with Crippen molar-refractivity contribution in [1.82, 2.24) is 0 Å². The van der Waals surface area contributed by atoms with Crippen molar-refractivity contribution in [2.75, 3.05) is 6.61 Å². The maximum Gasteiger partial charge on any atom is 0.203 e. The van der Waals surface area contributed by atoms with Gasteiger partial charge < -0.3 is 14.3 Å². The van der Waals surface area contributed by atoms with Gasteiger partial charge in [0.2, 0.25) is 8.32 Å². The van der Waals surface area contributed by atoms with E-state index >= 15 is 0 Å². The highest BCUT2D eigenvalue weighted by atomic mass is 28.4. The van der Waals surface area contributed by atoms with Crippen molar-refractivity contribution in [1.29, 1.82) is 0 Å². The van der Waals surface area contributed by atoms with Crippen molar-refractivity contribution in [3.05, 3.63) is 35.9 Å². The third-order valence-electron chi connectivity index (χ3n) is 5.76. The number of hydrogen-bond acceptors (Lipinski definition) is 3. The highest BCUT2D eigenvalue weighted by Crippen LogP contribution is 2.47. The molecule has 1 N–H and O–H groups in total. The van der Waals surface area contributed by atoms with Crippen molar-refractivity contribution in [2.45, 2.75) is 91.3 Å². The molecule has 0 spiro atoms. The normalized spacial score (nSPS) is 15.7. The second-order valence-corrected chi connectivity index (χ2v) is 14.3. The second kappa shape index (κ2) is 9.49. The molecule has 4 heteroatoms. The fourth-order valence-electron chi connectivity index (χ4n) is 4.34. The Labute approximate surface area is 162 Å². The zero-order valence-electron chi connectivity index (χ0n) is 18.2. The molecule has 0 saturated carbocycles. The molecule has 1 aromatic carbocycles. The van der Waals surface area contributed by atoms with E-state index in [1.165, 1.54) is 0 Å². The van der Waals surface area contributed by atoms with E-state index in [0.29, 0.717) is 23.2 Å². The summed E-state index contributed by atoms with van der Waals surface area (Å²) in [7, 11) is -2.12. The van der Waals surface area contributed by atoms with Gasteiger partial charge in [-0.3, -0.25) is 0 Å². The average molecular weight is 381 g/mol. The van der Waals surface area contributed by atoms with E-state index in [2.05, 4.69) is 41.5 Å². The molecule has 0 amide bonds. The van der Waals surface area contributed by atoms with Crippen LogP contribution >= 0.6 is 0 Å². The minimum absolute atomic E-state index is 0.443. The number of hydrogen-bond donors (Lipinski definition) is 1. The van der Waals surface area contributed by atoms with Gasteiger partial charge in [-0.15, -0.1) is 0 Å². The van der Waals surface area contributed by atoms with Crippen LogP contribution in [0.3, 0.4) is 0 Å². The predicted molar refractivity (Wildman–Crippen MR) is 113 cm³/mol. The SMILES string of the molecule is CCOC(O[Si](C(C)C)(C(C)C)C(C)C)C(C)(C)C(O)c1ccccc1. The minimum atomic E-state index is -2.12. The van der Waals surface area contributed by atoms with Gasteiger partial charge in [-0.25, -0.2) is 0 Å². The van der Waals surface area contributed by atoms with Crippen LogP contribution in [0.2, 0.25) is 16.6 Å². The number of aliphatic hydroxyl groups excluding tert-OH is 1. The Hall–Kier alpha value is -0.683. The average Bonchev–Trinajstić information content (AvgIpc) is 2.57. The van der Waals surface area contributed by atoms with Gasteiger partial charge in [0.1, 0.15) is 0 Å². The number of aliphatic hydroxyl groups is 1. The lowest BCUT2D eigenvalue weighted by Gasteiger charge is -2.48. The van der Waals surface area contributed by atoms with Crippen molar-refractivity contribution in [2.24, 2.45) is 5.41 Å². The summed E-state index contributed by atoms with van der Waals surface area (Å²) in [4.78, 5) is 0. The van der Waals surface area contributed by atoms with Crippen molar-refractivity contribution in [3.8, 4) is 0 Å². The summed E-state index contributed by atoms with van der Waals surface area (Å²) >= 11 is 0. The van der Waals surface area contributed by atoms with Crippen molar-refractivity contribution < 1.29 is 14.3 Å². The Morgan fingerprint density at radius 1 is 0.923 bits per heavy atom. The van der Waals surface area contributed by atoms with Crippen LogP contribution in [0.1, 0.15) is 74.0 Å². The monoisotopic (exact) mass is 380 g/mol. The van der Waals surface area contributed by atoms with Crippen molar-refractivity contribution >= 4 is 8.32 Å². The van der Waals surface area contributed by atoms with E-state index in [-0.39, 0.29) is 0 Å². The lowest BCUT2D eigenvalue weighted by molar-refractivity contribution is -0.186. The standard InChI is InChI=1S/C22H40O3Si/c1-10-24-21(25-26(16(2)3,17(4)5)18(6)7)22(8,9)20(23)19-14-12-11-13-15-19/h11-18,20-21,23H,10H2,1-9H3. The van der Waals surface area contributed by atoms with Crippen LogP contribution in [-0.2, 0) is 9.16 Å². The fraction of sp³-hybridized carbons (Fsp3) is 0.727. The quantitative estimate of drug-likeness (QED) is 0.382. The molecular formula is C22H40O3Si. The molecule has 0 saturated heterocycles. The van der Waals surface area contributed by atoms with E-state index in [0.717, 1.165) is 5.56 Å². The molecule has 3 nitrogen and oxygen atoms in total. The molecule has 0 heterocycles. The third-order valence-corrected chi connectivity index (χ3v) is 11.8. The molecule has 0 aromatic heterocycles. The van der Waals surface area contributed by atoms with Gasteiger partial charge >= 0.3 is 0 Å². The predicted octanol–water partition coefficient (Wildman–Crippen LogP) is 6.30. The van der Waals surface area contributed by atoms with E-state index in [1.807, 2.05) is 51.1 Å². The number of rotatable bonds is 10. The molecule has 0 aliphatic rings. The fourth-order valence-corrected chi connectivity index (χ4v) is 9.90. The molecule has 1 rings (SSSR count). The number of ether oxygens (including phenoxy) is 1. The molecule has 0 aliphatic carbocycles. The first kappa shape index (κ1) is 23.4. The zero-order valence-corrected chi connectivity index (χ0v) is 19.2. The largest absolute Gasteiger partial charge is 0.391 e. The maximum absolute atomic E-state index is 11.1. The Morgan fingerprint density at radius 3 is 1.77 bits per heavy atom. The van der Waals surface area contributed by atoms with Gasteiger partial charge in [0.25, 0.3) is 0 Å². The lowest BCUT2D eigenvalue weighted by atomic mass is 9.82. The summed E-state index contributed by atoms with van der Waals surface area (Å²) in [5, 5.41) is 11.1. The third kappa shape index (κ3) is 4.77. The van der Waals surface area contributed by atoms with Crippen LogP contribution in [0.4, 0.5) is 0 Å². The van der Waals surface area contributed by atoms with Gasteiger partial charge in [-0.2, -0.15) is 0 Å². The molecule has 2 unspecified atom stereocenters. The molecule has 0 radical (unpaired) electrons. The van der Waals surface area contributed by atoms with Gasteiger partial charge in [0, 0.05) is 12.0 Å². The van der Waals surface area contributed by atoms with Gasteiger partial charge in [-0.05, 0) is 29.1 Å². The van der Waals surface area contributed by atoms with Crippen LogP contribution in [-0.4, -0.2) is 26.3 Å². The summed E-state index contributed by atoms with van der Waals surface area (Å²) in [6.07, 6.45) is -1.10. The topological polar surface area (TPSA) is 38.7 Å². The molecule has 150 valence electrons. The molecule has 0 bridgehead atoms. The summed E-state index contributed by atoms with van der Waals surface area (Å²) in [6, 6.07) is 9.82. The van der Waals surface area contributed by atoms with E-state index < -0.39 is 26.1 Å². The van der Waals surface area contributed by atoms with Gasteiger partial charge in [0.05, 0.1) is 6.10 Å². The highest BCUT2D eigenvalue weighted by Gasteiger charge is 2.50. The first-order valence-corrected chi connectivity index (χ1v) is 12.2. The summed E-state index contributed by atoms with van der Waals surface area (Å²) in [5.41, 5.74) is 1.74. The summed E-state index contributed by atoms with van der Waals surface area (Å²) in [5.74, 6) is 0. The molecular weight excluding hydrogens is 340 g/mol. The molecule has 0 fully saturated rings. The Kier molecular flexibility index (Phi) is 8.53. The van der Waals surface area contributed by atoms with Crippen LogP contribution in [0.25, 0.3) is 0 Å². The van der Waals surface area contributed by atoms with Crippen LogP contribution in [0.5, 0.6) is 0 Å². The Morgan fingerprint density at radius 2 is 1.38 bits per heavy atom. The first-order chi connectivity index (χ1) is 12.0. The van der Waals surface area contributed by atoms with Gasteiger partial charge in [-0.1, -0.05) is 85.7 Å². The second-order valence-electron chi connectivity index (χ2n) is 8.86. The molecule has 26 heavy (non-hydrogen) atoms. The molecule has 1 aromatic rings. The number of benzene rings is 1. The maximum atomic E-state index is 11.1. The Bertz CT molecular complexity index is 504. The van der Waals surface area contributed by atoms with E-state index in [4.69, 9.17) is 9.16 Å². The summed E-state index contributed by atoms with van der Waals surface area (Å²) in [6.45, 7) is 20.3. The van der Waals surface area contributed by atoms with Gasteiger partial charge in [0.15, 0.2) is 6.29 Å². The molecule has 0 aliphatic heterocycles. The zero-order chi connectivity index (χ0) is 20.1. The van der Waals surface area contributed by atoms with Crippen LogP contribution in [0, 0.1) is 5.41 Å². The van der Waals surface area contributed by atoms with E-state index in [1.54, 1.807) is 0 Å². The highest BCUT2D eigenvalue weighted by molar-refractivity contribution is 6.77. The molecule has 2 atom stereocenters. The summed E-state index contributed by atoms with van der Waals surface area (Å²) < 4.78 is 13.0. The lowest BCUT2D eigenvalue weighted by Crippen LogP contribution is -2.54. The van der Waals surface area contributed by atoms with E-state index in [9.17, 15) is 5.11 Å². The van der Waals surface area contributed by atoms with Crippen molar-refractivity contribution in [3.63, 3.8) is 0 Å². The minimum Gasteiger partial charge on any atom is -0.391 e. The van der Waals surface area contributed by atoms with Crippen LogP contribution in [0.15, 0.2) is 30.3 Å². The first-order valence-electron chi connectivity index (χ1n) is 10.0. The van der Waals surface area contributed by atoms with Crippen LogP contribution < -0.4 is 0 Å². The smallest absolute Gasteiger partial charge is 0.203 e. The Balaban J connectivity index is 3.27.